The summed E-state index contributed by atoms with van der Waals surface area (Å²) >= 11 is 0. The summed E-state index contributed by atoms with van der Waals surface area (Å²) in [4.78, 5) is 24.3. The molecule has 7 nitrogen and oxygen atoms in total. The number of nitrogens with one attached hydrogen (secondary N) is 1. The Morgan fingerprint density at radius 1 is 1.40 bits per heavy atom. The number of methoxy groups -OCH3 is 1. The van der Waals surface area contributed by atoms with Crippen LogP contribution in [0, 0.1) is 0 Å². The van der Waals surface area contributed by atoms with E-state index < -0.39 is 24.1 Å². The highest BCUT2D eigenvalue weighted by Crippen LogP contribution is 2.25. The number of carbonyl (C=O) groups excluding carboxylic acids is 1. The first kappa shape index (κ1) is 14.1. The summed E-state index contributed by atoms with van der Waals surface area (Å²) < 4.78 is 5.11. The maximum absolute atomic E-state index is 12.1. The number of carboxylic acid groups (broad SMARTS) is 1. The van der Waals surface area contributed by atoms with E-state index >= 15 is 0 Å². The Labute approximate surface area is 115 Å². The monoisotopic (exact) mass is 280 g/mol. The second kappa shape index (κ2) is 5.79. The first-order valence-electron chi connectivity index (χ1n) is 6.14. The van der Waals surface area contributed by atoms with Crippen LogP contribution in [0.5, 0.6) is 5.75 Å². The molecule has 1 fully saturated rings. The summed E-state index contributed by atoms with van der Waals surface area (Å²) in [6.45, 7) is -0.00203. The van der Waals surface area contributed by atoms with Crippen molar-refractivity contribution < 1.29 is 24.5 Å². The van der Waals surface area contributed by atoms with Gasteiger partial charge in [0.25, 0.3) is 0 Å². The highest BCUT2D eigenvalue weighted by atomic mass is 16.5. The zero-order chi connectivity index (χ0) is 14.7. The number of ether oxygens (including phenoxy) is 1. The molecule has 1 saturated heterocycles. The molecule has 20 heavy (non-hydrogen) atoms. The van der Waals surface area contributed by atoms with E-state index in [0.717, 1.165) is 4.90 Å². The van der Waals surface area contributed by atoms with Gasteiger partial charge in [-0.1, -0.05) is 12.1 Å². The standard InChI is InChI=1S/C13H16N2O5/c1-20-11-5-3-2-4-9(11)14-13(19)15-7-8(16)6-10(15)12(17)18/h2-5,8,10,16H,6-7H2,1H3,(H,14,19)(H,17,18)/t8-,10-/m1/s1. The highest BCUT2D eigenvalue weighted by molar-refractivity contribution is 5.94. The predicted octanol–water partition coefficient (Wildman–Crippen LogP) is 0.747. The molecule has 0 bridgehead atoms. The van der Waals surface area contributed by atoms with Gasteiger partial charge in [-0.15, -0.1) is 0 Å². The first-order chi connectivity index (χ1) is 9.52. The van der Waals surface area contributed by atoms with E-state index in [9.17, 15) is 14.7 Å². The van der Waals surface area contributed by atoms with E-state index in [2.05, 4.69) is 5.32 Å². The van der Waals surface area contributed by atoms with Crippen molar-refractivity contribution in [1.82, 2.24) is 4.90 Å². The molecule has 0 aromatic heterocycles. The molecule has 1 aliphatic rings. The number of likely N-dealkylation sites (tertiary alicyclic amines) is 1. The van der Waals surface area contributed by atoms with E-state index in [1.807, 2.05) is 0 Å². The number of aliphatic carboxylic acids is 1. The van der Waals surface area contributed by atoms with Crippen LogP contribution in [-0.4, -0.2) is 52.9 Å². The summed E-state index contributed by atoms with van der Waals surface area (Å²) in [5, 5.41) is 21.2. The molecular formula is C13H16N2O5. The second-order valence-corrected chi connectivity index (χ2v) is 4.53. The summed E-state index contributed by atoms with van der Waals surface area (Å²) in [5.74, 6) is -0.649. The number of para-hydroxylation sites is 2. The zero-order valence-electron chi connectivity index (χ0n) is 10.9. The summed E-state index contributed by atoms with van der Waals surface area (Å²) in [6.07, 6.45) is -0.784. The van der Waals surface area contributed by atoms with E-state index in [-0.39, 0.29) is 13.0 Å². The molecule has 3 N–H and O–H groups in total. The molecular weight excluding hydrogens is 264 g/mol. The Morgan fingerprint density at radius 2 is 2.10 bits per heavy atom. The van der Waals surface area contributed by atoms with Crippen LogP contribution in [0.3, 0.4) is 0 Å². The maximum atomic E-state index is 12.1. The summed E-state index contributed by atoms with van der Waals surface area (Å²) in [5.41, 5.74) is 0.450. The number of urea groups is 1. The van der Waals surface area contributed by atoms with Crippen LogP contribution >= 0.6 is 0 Å². The number of aliphatic hydroxyl groups is 1. The number of benzene rings is 1. The minimum absolute atomic E-state index is 0.00203. The number of nitrogens with zero attached hydrogens (tertiary/aromatic N) is 1. The molecule has 2 rings (SSSR count). The van der Waals surface area contributed by atoms with Crippen molar-refractivity contribution in [2.24, 2.45) is 0 Å². The molecule has 0 spiro atoms. The van der Waals surface area contributed by atoms with Gasteiger partial charge in [0.2, 0.25) is 0 Å². The van der Waals surface area contributed by atoms with Crippen LogP contribution in [0.1, 0.15) is 6.42 Å². The number of carboxylic acids is 1. The lowest BCUT2D eigenvalue weighted by atomic mass is 10.2. The van der Waals surface area contributed by atoms with Gasteiger partial charge in [0.05, 0.1) is 18.9 Å². The van der Waals surface area contributed by atoms with Gasteiger partial charge >= 0.3 is 12.0 Å². The molecule has 0 radical (unpaired) electrons. The molecule has 2 atom stereocenters. The number of carbonyl (C=O) groups is 2. The number of amides is 2. The fraction of sp³-hybridized carbons (Fsp3) is 0.385. The van der Waals surface area contributed by atoms with E-state index in [1.54, 1.807) is 24.3 Å². The zero-order valence-corrected chi connectivity index (χ0v) is 10.9. The number of aliphatic hydroxyl groups excluding tert-OH is 1. The third-order valence-electron chi connectivity index (χ3n) is 3.17. The first-order valence-corrected chi connectivity index (χ1v) is 6.14. The third kappa shape index (κ3) is 2.83. The lowest BCUT2D eigenvalue weighted by Gasteiger charge is -2.22. The number of hydrogen-bond donors (Lipinski definition) is 3. The SMILES string of the molecule is COc1ccccc1NC(=O)N1C[C@H](O)C[C@@H]1C(=O)O. The number of hydrogen-bond acceptors (Lipinski definition) is 4. The van der Waals surface area contributed by atoms with Crippen molar-refractivity contribution in [2.75, 3.05) is 19.0 Å². The molecule has 0 unspecified atom stereocenters. The number of anilines is 1. The van der Waals surface area contributed by atoms with Gasteiger partial charge in [0, 0.05) is 13.0 Å². The van der Waals surface area contributed by atoms with Gasteiger partial charge in [0.15, 0.2) is 0 Å². The van der Waals surface area contributed by atoms with Crippen LogP contribution in [-0.2, 0) is 4.79 Å². The number of rotatable bonds is 3. The summed E-state index contributed by atoms with van der Waals surface area (Å²) in [7, 11) is 1.48. The van der Waals surface area contributed by atoms with Crippen LogP contribution in [0.15, 0.2) is 24.3 Å². The van der Waals surface area contributed by atoms with Gasteiger partial charge in [-0.2, -0.15) is 0 Å². The average Bonchev–Trinajstić information content (AvgIpc) is 2.82. The van der Waals surface area contributed by atoms with E-state index in [0.29, 0.717) is 11.4 Å². The van der Waals surface area contributed by atoms with Crippen LogP contribution in [0.2, 0.25) is 0 Å². The molecule has 108 valence electrons. The fourth-order valence-electron chi connectivity index (χ4n) is 2.21. The number of β-amino-alcohol motifs (C(OH)–C–C–N with tert-alkyl or cyclic N) is 1. The van der Waals surface area contributed by atoms with Gasteiger partial charge < -0.3 is 25.2 Å². The smallest absolute Gasteiger partial charge is 0.326 e. The van der Waals surface area contributed by atoms with Crippen LogP contribution < -0.4 is 10.1 Å². The van der Waals surface area contributed by atoms with Crippen molar-refractivity contribution in [1.29, 1.82) is 0 Å². The third-order valence-corrected chi connectivity index (χ3v) is 3.17. The lowest BCUT2D eigenvalue weighted by molar-refractivity contribution is -0.141. The minimum atomic E-state index is -1.13. The molecule has 1 aromatic carbocycles. The Balaban J connectivity index is 2.13. The Hall–Kier alpha value is -2.28. The van der Waals surface area contributed by atoms with E-state index in [4.69, 9.17) is 9.84 Å². The Kier molecular flexibility index (Phi) is 4.09. The summed E-state index contributed by atoms with van der Waals surface area (Å²) in [6, 6.07) is 5.24. The van der Waals surface area contributed by atoms with Crippen LogP contribution in [0.25, 0.3) is 0 Å². The Bertz CT molecular complexity index is 519. The second-order valence-electron chi connectivity index (χ2n) is 4.53. The van der Waals surface area contributed by atoms with Gasteiger partial charge in [0.1, 0.15) is 11.8 Å². The topological polar surface area (TPSA) is 99.1 Å². The quantitative estimate of drug-likeness (QED) is 0.758. The fourth-order valence-corrected chi connectivity index (χ4v) is 2.21. The molecule has 2 amide bonds. The van der Waals surface area contributed by atoms with Crippen molar-refractivity contribution >= 4 is 17.7 Å². The van der Waals surface area contributed by atoms with Gasteiger partial charge in [-0.25, -0.2) is 9.59 Å². The molecule has 1 heterocycles. The molecule has 7 heteroatoms. The molecule has 0 aliphatic carbocycles. The van der Waals surface area contributed by atoms with Gasteiger partial charge in [-0.05, 0) is 12.1 Å². The van der Waals surface area contributed by atoms with Crippen molar-refractivity contribution in [2.45, 2.75) is 18.6 Å². The van der Waals surface area contributed by atoms with E-state index in [1.165, 1.54) is 7.11 Å². The van der Waals surface area contributed by atoms with Crippen molar-refractivity contribution in [3.8, 4) is 5.75 Å². The maximum Gasteiger partial charge on any atom is 0.326 e. The van der Waals surface area contributed by atoms with Gasteiger partial charge in [-0.3, -0.25) is 0 Å². The highest BCUT2D eigenvalue weighted by Gasteiger charge is 2.39. The molecule has 1 aliphatic heterocycles. The lowest BCUT2D eigenvalue weighted by Crippen LogP contribution is -2.43. The van der Waals surface area contributed by atoms with Crippen molar-refractivity contribution in [3.05, 3.63) is 24.3 Å². The average molecular weight is 280 g/mol. The molecule has 0 saturated carbocycles. The normalized spacial score (nSPS) is 21.6. The van der Waals surface area contributed by atoms with Crippen LogP contribution in [0.4, 0.5) is 10.5 Å². The largest absolute Gasteiger partial charge is 0.495 e. The predicted molar refractivity (Wildman–Crippen MR) is 70.8 cm³/mol. The Morgan fingerprint density at radius 3 is 2.75 bits per heavy atom. The minimum Gasteiger partial charge on any atom is -0.495 e. The molecule has 1 aromatic rings. The van der Waals surface area contributed by atoms with Crippen molar-refractivity contribution in [3.63, 3.8) is 0 Å².